The standard InChI is InChI=1S/C10H11N5O/c1-8(7-12-14-15-13-11)9-5-3-4-6-10(9)16-2/h3-7H,1-2H3/b8-7+,14-12-. The molecule has 1 rings (SSSR count). The number of allylic oxidation sites excluding steroid dienone is 1. The van der Waals surface area contributed by atoms with Crippen molar-refractivity contribution in [2.45, 2.75) is 6.92 Å². The van der Waals surface area contributed by atoms with Gasteiger partial charge in [-0.25, -0.2) is 0 Å². The molecule has 0 unspecified atom stereocenters. The van der Waals surface area contributed by atoms with Crippen LogP contribution < -0.4 is 4.74 Å². The molecular weight excluding hydrogens is 206 g/mol. The second kappa shape index (κ2) is 6.21. The van der Waals surface area contributed by atoms with Gasteiger partial charge in [0.05, 0.1) is 18.5 Å². The first kappa shape index (κ1) is 11.7. The first-order valence-electron chi connectivity index (χ1n) is 4.54. The summed E-state index contributed by atoms with van der Waals surface area (Å²) < 4.78 is 5.20. The molecule has 0 aliphatic rings. The van der Waals surface area contributed by atoms with Crippen molar-refractivity contribution in [1.82, 2.24) is 0 Å². The Morgan fingerprint density at radius 1 is 1.44 bits per heavy atom. The van der Waals surface area contributed by atoms with Gasteiger partial charge in [-0.05, 0) is 23.7 Å². The highest BCUT2D eigenvalue weighted by atomic mass is 16.5. The minimum atomic E-state index is 0.759. The normalized spacial score (nSPS) is 11.2. The van der Waals surface area contributed by atoms with Crippen LogP contribution in [0.5, 0.6) is 5.75 Å². The summed E-state index contributed by atoms with van der Waals surface area (Å²) >= 11 is 0. The molecule has 1 aromatic carbocycles. The Morgan fingerprint density at radius 2 is 2.19 bits per heavy atom. The maximum atomic E-state index is 7.99. The molecule has 0 aliphatic heterocycles. The number of rotatable bonds is 4. The van der Waals surface area contributed by atoms with Crippen LogP contribution in [0.3, 0.4) is 0 Å². The van der Waals surface area contributed by atoms with Crippen molar-refractivity contribution < 1.29 is 4.74 Å². The van der Waals surface area contributed by atoms with Crippen LogP contribution in [0.15, 0.2) is 46.0 Å². The van der Waals surface area contributed by atoms with E-state index < -0.39 is 0 Å². The second-order valence-electron chi connectivity index (χ2n) is 2.90. The first-order valence-corrected chi connectivity index (χ1v) is 4.54. The van der Waals surface area contributed by atoms with Crippen molar-refractivity contribution in [2.24, 2.45) is 15.6 Å². The van der Waals surface area contributed by atoms with Crippen molar-refractivity contribution in [2.75, 3.05) is 7.11 Å². The van der Waals surface area contributed by atoms with Crippen molar-refractivity contribution in [1.29, 1.82) is 0 Å². The van der Waals surface area contributed by atoms with Crippen LogP contribution in [-0.2, 0) is 0 Å². The number of para-hydroxylation sites is 1. The Balaban J connectivity index is 2.95. The lowest BCUT2D eigenvalue weighted by molar-refractivity contribution is 0.413. The van der Waals surface area contributed by atoms with Crippen LogP contribution >= 0.6 is 0 Å². The molecule has 0 heterocycles. The molecule has 0 aromatic heterocycles. The van der Waals surface area contributed by atoms with Gasteiger partial charge in [-0.2, -0.15) is 4.91 Å². The van der Waals surface area contributed by atoms with Gasteiger partial charge in [0.2, 0.25) is 0 Å². The molecule has 0 bridgehead atoms. The maximum Gasteiger partial charge on any atom is 0.126 e. The molecule has 0 saturated carbocycles. The molecule has 0 atom stereocenters. The molecule has 0 amide bonds. The van der Waals surface area contributed by atoms with Crippen LogP contribution in [0.25, 0.3) is 16.0 Å². The SMILES string of the molecule is COc1ccccc1/C(C)=C/N=N\N=[N+]=[N-]. The zero-order valence-corrected chi connectivity index (χ0v) is 9.03. The molecule has 0 saturated heterocycles. The Hall–Kier alpha value is -2.33. The zero-order chi connectivity index (χ0) is 11.8. The molecular formula is C10H11N5O. The fraction of sp³-hybridized carbons (Fsp3) is 0.200. The van der Waals surface area contributed by atoms with E-state index in [1.54, 1.807) is 7.11 Å². The van der Waals surface area contributed by atoms with Gasteiger partial charge in [-0.3, -0.25) is 0 Å². The van der Waals surface area contributed by atoms with Gasteiger partial charge in [-0.1, -0.05) is 18.2 Å². The van der Waals surface area contributed by atoms with Crippen LogP contribution in [0.2, 0.25) is 0 Å². The summed E-state index contributed by atoms with van der Waals surface area (Å²) in [7, 11) is 1.60. The van der Waals surface area contributed by atoms with Crippen LogP contribution in [0.1, 0.15) is 12.5 Å². The fourth-order valence-corrected chi connectivity index (χ4v) is 1.19. The molecule has 16 heavy (non-hydrogen) atoms. The topological polar surface area (TPSA) is 82.7 Å². The maximum absolute atomic E-state index is 7.99. The zero-order valence-electron chi connectivity index (χ0n) is 9.03. The van der Waals surface area contributed by atoms with E-state index in [9.17, 15) is 0 Å². The summed E-state index contributed by atoms with van der Waals surface area (Å²) in [6, 6.07) is 7.56. The van der Waals surface area contributed by atoms with Gasteiger partial charge < -0.3 is 4.74 Å². The molecule has 6 heteroatoms. The molecule has 0 spiro atoms. The first-order chi connectivity index (χ1) is 7.79. The monoisotopic (exact) mass is 217 g/mol. The lowest BCUT2D eigenvalue weighted by Crippen LogP contribution is -1.88. The highest BCUT2D eigenvalue weighted by molar-refractivity contribution is 5.68. The number of ether oxygens (including phenoxy) is 1. The summed E-state index contributed by atoms with van der Waals surface area (Å²) in [5.41, 5.74) is 9.79. The molecule has 0 N–H and O–H groups in total. The van der Waals surface area contributed by atoms with Crippen molar-refractivity contribution in [3.63, 3.8) is 0 Å². The van der Waals surface area contributed by atoms with Gasteiger partial charge in [0.1, 0.15) is 11.0 Å². The lowest BCUT2D eigenvalue weighted by atomic mass is 10.1. The van der Waals surface area contributed by atoms with Gasteiger partial charge in [0.25, 0.3) is 0 Å². The number of hydrogen-bond acceptors (Lipinski definition) is 2. The lowest BCUT2D eigenvalue weighted by Gasteiger charge is -2.06. The highest BCUT2D eigenvalue weighted by Gasteiger charge is 2.02. The summed E-state index contributed by atoms with van der Waals surface area (Å²) in [6.07, 6.45) is 1.51. The Kier molecular flexibility index (Phi) is 4.56. The van der Waals surface area contributed by atoms with Crippen molar-refractivity contribution >= 4 is 5.57 Å². The van der Waals surface area contributed by atoms with Crippen LogP contribution in [0.4, 0.5) is 0 Å². The van der Waals surface area contributed by atoms with Crippen LogP contribution in [0, 0.1) is 0 Å². The van der Waals surface area contributed by atoms with Gasteiger partial charge in [0.15, 0.2) is 0 Å². The van der Waals surface area contributed by atoms with E-state index >= 15 is 0 Å². The fourth-order valence-electron chi connectivity index (χ4n) is 1.19. The summed E-state index contributed by atoms with van der Waals surface area (Å²) in [5.74, 6) is 0.759. The van der Waals surface area contributed by atoms with E-state index in [0.29, 0.717) is 0 Å². The highest BCUT2D eigenvalue weighted by Crippen LogP contribution is 2.24. The molecule has 0 fully saturated rings. The summed E-state index contributed by atoms with van der Waals surface area (Å²) in [6.45, 7) is 1.87. The Bertz CT molecular complexity index is 460. The number of hydrogen-bond donors (Lipinski definition) is 0. The predicted octanol–water partition coefficient (Wildman–Crippen LogP) is 3.73. The number of azide groups is 1. The van der Waals surface area contributed by atoms with Crippen molar-refractivity contribution in [3.8, 4) is 5.75 Å². The van der Waals surface area contributed by atoms with E-state index in [-0.39, 0.29) is 0 Å². The third-order valence-corrected chi connectivity index (χ3v) is 1.91. The molecule has 0 radical (unpaired) electrons. The quantitative estimate of drug-likeness (QED) is 0.327. The molecule has 1 aromatic rings. The van der Waals surface area contributed by atoms with Gasteiger partial charge in [0, 0.05) is 5.56 Å². The Labute approximate surface area is 92.9 Å². The smallest absolute Gasteiger partial charge is 0.126 e. The molecule has 6 nitrogen and oxygen atoms in total. The van der Waals surface area contributed by atoms with Crippen LogP contribution in [-0.4, -0.2) is 7.11 Å². The third-order valence-electron chi connectivity index (χ3n) is 1.91. The van der Waals surface area contributed by atoms with E-state index in [4.69, 9.17) is 10.3 Å². The Morgan fingerprint density at radius 3 is 2.88 bits per heavy atom. The minimum Gasteiger partial charge on any atom is -0.496 e. The summed E-state index contributed by atoms with van der Waals surface area (Å²) in [5, 5.41) is 9.77. The van der Waals surface area contributed by atoms with E-state index in [1.807, 2.05) is 31.2 Å². The van der Waals surface area contributed by atoms with Gasteiger partial charge >= 0.3 is 0 Å². The largest absolute Gasteiger partial charge is 0.496 e. The average molecular weight is 217 g/mol. The number of nitrogens with zero attached hydrogens (tertiary/aromatic N) is 5. The number of methoxy groups -OCH3 is 1. The molecule has 82 valence electrons. The van der Waals surface area contributed by atoms with Crippen molar-refractivity contribution in [3.05, 3.63) is 46.5 Å². The minimum absolute atomic E-state index is 0.759. The van der Waals surface area contributed by atoms with E-state index in [2.05, 4.69) is 20.5 Å². The molecule has 0 aliphatic carbocycles. The third kappa shape index (κ3) is 3.11. The average Bonchev–Trinajstić information content (AvgIpc) is 2.34. The van der Waals surface area contributed by atoms with E-state index in [0.717, 1.165) is 16.9 Å². The second-order valence-corrected chi connectivity index (χ2v) is 2.90. The van der Waals surface area contributed by atoms with E-state index in [1.165, 1.54) is 6.20 Å². The predicted molar refractivity (Wildman–Crippen MR) is 60.6 cm³/mol. The number of benzene rings is 1. The van der Waals surface area contributed by atoms with Gasteiger partial charge in [-0.15, -0.1) is 5.53 Å². The summed E-state index contributed by atoms with van der Waals surface area (Å²) in [4.78, 5) is 2.45.